The molecule has 1 heterocycles. The number of carbonyl (C=O) groups is 1. The molecule has 2 rings (SSSR count). The van der Waals surface area contributed by atoms with Gasteiger partial charge in [0, 0.05) is 26.2 Å². The summed E-state index contributed by atoms with van der Waals surface area (Å²) in [4.78, 5) is 25.0. The van der Waals surface area contributed by atoms with E-state index in [0.29, 0.717) is 16.7 Å². The summed E-state index contributed by atoms with van der Waals surface area (Å²) in [6, 6.07) is 6.08. The Morgan fingerprint density at radius 2 is 2.00 bits per heavy atom. The molecule has 0 aliphatic rings. The van der Waals surface area contributed by atoms with Crippen LogP contribution in [-0.4, -0.2) is 32.0 Å². The number of benzene rings is 1. The van der Waals surface area contributed by atoms with Crippen LogP contribution in [0.4, 0.5) is 0 Å². The zero-order chi connectivity index (χ0) is 13.3. The third kappa shape index (κ3) is 2.07. The summed E-state index contributed by atoms with van der Waals surface area (Å²) in [5, 5.41) is 0.422. The molecule has 0 atom stereocenters. The summed E-state index contributed by atoms with van der Waals surface area (Å²) in [6.45, 7) is 0. The standard InChI is InChI=1S/C13H13NO4/c1-14(2)13(16)12-7-10(15)9-5-4-8(17-3)6-11(9)18-12/h4-7H,1-3H3. The van der Waals surface area contributed by atoms with Gasteiger partial charge in [0.2, 0.25) is 0 Å². The summed E-state index contributed by atoms with van der Waals surface area (Å²) in [6.07, 6.45) is 0. The van der Waals surface area contributed by atoms with Gasteiger partial charge in [-0.15, -0.1) is 0 Å². The third-order valence-corrected chi connectivity index (χ3v) is 2.55. The van der Waals surface area contributed by atoms with Gasteiger partial charge in [-0.3, -0.25) is 9.59 Å². The SMILES string of the molecule is COc1ccc2c(=O)cc(C(=O)N(C)C)oc2c1. The molecular formula is C13H13NO4. The fraction of sp³-hybridized carbons (Fsp3) is 0.231. The highest BCUT2D eigenvalue weighted by Gasteiger charge is 2.14. The Morgan fingerprint density at radius 1 is 1.28 bits per heavy atom. The number of rotatable bonds is 2. The smallest absolute Gasteiger partial charge is 0.289 e. The Morgan fingerprint density at radius 3 is 2.61 bits per heavy atom. The van der Waals surface area contributed by atoms with Gasteiger partial charge < -0.3 is 14.1 Å². The van der Waals surface area contributed by atoms with Crippen LogP contribution in [0.1, 0.15) is 10.6 Å². The molecule has 0 fully saturated rings. The van der Waals surface area contributed by atoms with E-state index in [2.05, 4.69) is 0 Å². The predicted octanol–water partition coefficient (Wildman–Crippen LogP) is 1.50. The van der Waals surface area contributed by atoms with E-state index in [1.807, 2.05) is 0 Å². The first-order valence-corrected chi connectivity index (χ1v) is 5.36. The van der Waals surface area contributed by atoms with Gasteiger partial charge in [0.25, 0.3) is 5.91 Å². The van der Waals surface area contributed by atoms with Gasteiger partial charge >= 0.3 is 0 Å². The lowest BCUT2D eigenvalue weighted by atomic mass is 10.2. The topological polar surface area (TPSA) is 59.8 Å². The average molecular weight is 247 g/mol. The fourth-order valence-electron chi connectivity index (χ4n) is 1.59. The zero-order valence-corrected chi connectivity index (χ0v) is 10.4. The Bertz CT molecular complexity index is 658. The van der Waals surface area contributed by atoms with Crippen molar-refractivity contribution in [1.29, 1.82) is 0 Å². The molecule has 0 saturated heterocycles. The zero-order valence-electron chi connectivity index (χ0n) is 10.4. The van der Waals surface area contributed by atoms with Crippen LogP contribution in [0.15, 0.2) is 33.5 Å². The van der Waals surface area contributed by atoms with Crippen LogP contribution in [0.3, 0.4) is 0 Å². The van der Waals surface area contributed by atoms with Gasteiger partial charge in [0.05, 0.1) is 12.5 Å². The fourth-order valence-corrected chi connectivity index (χ4v) is 1.59. The van der Waals surface area contributed by atoms with E-state index in [1.54, 1.807) is 32.3 Å². The van der Waals surface area contributed by atoms with E-state index in [1.165, 1.54) is 18.1 Å². The molecule has 0 bridgehead atoms. The number of amides is 1. The summed E-state index contributed by atoms with van der Waals surface area (Å²) < 4.78 is 10.5. The number of nitrogens with zero attached hydrogens (tertiary/aromatic N) is 1. The molecule has 5 heteroatoms. The van der Waals surface area contributed by atoms with Crippen molar-refractivity contribution in [2.45, 2.75) is 0 Å². The van der Waals surface area contributed by atoms with Crippen molar-refractivity contribution in [2.24, 2.45) is 0 Å². The lowest BCUT2D eigenvalue weighted by Crippen LogP contribution is -2.22. The number of carbonyl (C=O) groups excluding carboxylic acids is 1. The molecule has 1 amide bonds. The second kappa shape index (κ2) is 4.52. The minimum absolute atomic E-state index is 0.0192. The quantitative estimate of drug-likeness (QED) is 0.807. The second-order valence-corrected chi connectivity index (χ2v) is 4.04. The van der Waals surface area contributed by atoms with Gasteiger partial charge in [-0.2, -0.15) is 0 Å². The molecule has 5 nitrogen and oxygen atoms in total. The van der Waals surface area contributed by atoms with Crippen molar-refractivity contribution in [3.8, 4) is 5.75 Å². The van der Waals surface area contributed by atoms with Crippen molar-refractivity contribution in [3.05, 3.63) is 40.2 Å². The molecule has 0 unspecified atom stereocenters. The molecule has 18 heavy (non-hydrogen) atoms. The average Bonchev–Trinajstić information content (AvgIpc) is 2.36. The number of hydrogen-bond acceptors (Lipinski definition) is 4. The Balaban J connectivity index is 2.66. The molecule has 0 N–H and O–H groups in total. The van der Waals surface area contributed by atoms with E-state index in [0.717, 1.165) is 0 Å². The summed E-state index contributed by atoms with van der Waals surface area (Å²) >= 11 is 0. The van der Waals surface area contributed by atoms with Crippen LogP contribution in [0.5, 0.6) is 5.75 Å². The third-order valence-electron chi connectivity index (χ3n) is 2.55. The van der Waals surface area contributed by atoms with E-state index in [9.17, 15) is 9.59 Å². The minimum atomic E-state index is -0.350. The normalized spacial score (nSPS) is 10.4. The monoisotopic (exact) mass is 247 g/mol. The van der Waals surface area contributed by atoms with Crippen LogP contribution < -0.4 is 10.2 Å². The van der Waals surface area contributed by atoms with E-state index in [4.69, 9.17) is 9.15 Å². The molecular weight excluding hydrogens is 234 g/mol. The summed E-state index contributed by atoms with van der Waals surface area (Å²) in [5.41, 5.74) is 0.0937. The van der Waals surface area contributed by atoms with Crippen molar-refractivity contribution >= 4 is 16.9 Å². The lowest BCUT2D eigenvalue weighted by molar-refractivity contribution is 0.0797. The molecule has 0 aliphatic heterocycles. The maximum absolute atomic E-state index is 11.9. The van der Waals surface area contributed by atoms with E-state index >= 15 is 0 Å². The lowest BCUT2D eigenvalue weighted by Gasteiger charge is -2.09. The highest BCUT2D eigenvalue weighted by Crippen LogP contribution is 2.19. The first-order valence-electron chi connectivity index (χ1n) is 5.36. The van der Waals surface area contributed by atoms with Crippen LogP contribution in [0.2, 0.25) is 0 Å². The molecule has 94 valence electrons. The highest BCUT2D eigenvalue weighted by atomic mass is 16.5. The first-order chi connectivity index (χ1) is 8.52. The van der Waals surface area contributed by atoms with Crippen LogP contribution in [0, 0.1) is 0 Å². The number of hydrogen-bond donors (Lipinski definition) is 0. The predicted molar refractivity (Wildman–Crippen MR) is 67.1 cm³/mol. The van der Waals surface area contributed by atoms with Gasteiger partial charge in [-0.05, 0) is 12.1 Å². The molecule has 0 aliphatic carbocycles. The summed E-state index contributed by atoms with van der Waals surface area (Å²) in [5.74, 6) is 0.239. The van der Waals surface area contributed by atoms with Gasteiger partial charge in [-0.1, -0.05) is 0 Å². The molecule has 0 spiro atoms. The van der Waals surface area contributed by atoms with Crippen LogP contribution in [-0.2, 0) is 0 Å². The molecule has 0 saturated carbocycles. The van der Waals surface area contributed by atoms with Crippen molar-refractivity contribution in [1.82, 2.24) is 4.90 Å². The summed E-state index contributed by atoms with van der Waals surface area (Å²) in [7, 11) is 4.71. The van der Waals surface area contributed by atoms with Crippen molar-refractivity contribution in [3.63, 3.8) is 0 Å². The van der Waals surface area contributed by atoms with E-state index < -0.39 is 0 Å². The largest absolute Gasteiger partial charge is 0.497 e. The van der Waals surface area contributed by atoms with Crippen LogP contribution in [0.25, 0.3) is 11.0 Å². The van der Waals surface area contributed by atoms with Gasteiger partial charge in [0.15, 0.2) is 11.2 Å². The number of fused-ring (bicyclic) bond motifs is 1. The Kier molecular flexibility index (Phi) is 3.06. The molecule has 0 radical (unpaired) electrons. The minimum Gasteiger partial charge on any atom is -0.497 e. The van der Waals surface area contributed by atoms with Gasteiger partial charge in [0.1, 0.15) is 11.3 Å². The maximum atomic E-state index is 11.9. The molecule has 2 aromatic rings. The molecule has 1 aromatic heterocycles. The first kappa shape index (κ1) is 12.2. The Hall–Kier alpha value is -2.30. The number of methoxy groups -OCH3 is 1. The maximum Gasteiger partial charge on any atom is 0.289 e. The highest BCUT2D eigenvalue weighted by molar-refractivity contribution is 5.92. The van der Waals surface area contributed by atoms with Gasteiger partial charge in [-0.25, -0.2) is 0 Å². The van der Waals surface area contributed by atoms with E-state index in [-0.39, 0.29) is 17.1 Å². The van der Waals surface area contributed by atoms with Crippen LogP contribution >= 0.6 is 0 Å². The molecule has 1 aromatic carbocycles. The number of ether oxygens (including phenoxy) is 1. The van der Waals surface area contributed by atoms with Crippen molar-refractivity contribution in [2.75, 3.05) is 21.2 Å². The van der Waals surface area contributed by atoms with Crippen molar-refractivity contribution < 1.29 is 13.9 Å². The second-order valence-electron chi connectivity index (χ2n) is 4.04. The Labute approximate surface area is 104 Å².